The highest BCUT2D eigenvalue weighted by atomic mass is 32.1. The van der Waals surface area contributed by atoms with Crippen molar-refractivity contribution in [2.45, 2.75) is 20.8 Å². The molecule has 1 aromatic carbocycles. The van der Waals surface area contributed by atoms with Crippen LogP contribution in [0.2, 0.25) is 0 Å². The monoisotopic (exact) mass is 431 g/mol. The van der Waals surface area contributed by atoms with Crippen LogP contribution in [0.3, 0.4) is 0 Å². The SMILES string of the molecule is CC(C)(C)C(=O)Nc1cccc(C(=O)NNC(=O)c2csc(N3CCOCC3)n2)c1. The lowest BCUT2D eigenvalue weighted by Gasteiger charge is -2.25. The average Bonchev–Trinajstić information content (AvgIpc) is 3.22. The van der Waals surface area contributed by atoms with Gasteiger partial charge in [0.1, 0.15) is 5.69 Å². The van der Waals surface area contributed by atoms with E-state index < -0.39 is 17.2 Å². The van der Waals surface area contributed by atoms with Gasteiger partial charge in [0.25, 0.3) is 11.8 Å². The molecule has 0 saturated carbocycles. The van der Waals surface area contributed by atoms with Crippen molar-refractivity contribution in [3.63, 3.8) is 0 Å². The molecule has 1 saturated heterocycles. The second-order valence-corrected chi connectivity index (χ2v) is 8.64. The molecule has 160 valence electrons. The van der Waals surface area contributed by atoms with Crippen molar-refractivity contribution in [2.75, 3.05) is 36.5 Å². The van der Waals surface area contributed by atoms with Gasteiger partial charge in [0.05, 0.1) is 13.2 Å². The quantitative estimate of drug-likeness (QED) is 0.639. The van der Waals surface area contributed by atoms with Crippen LogP contribution in [-0.2, 0) is 9.53 Å². The molecule has 1 aliphatic rings. The summed E-state index contributed by atoms with van der Waals surface area (Å²) in [4.78, 5) is 43.2. The number of thiazole rings is 1. The van der Waals surface area contributed by atoms with Crippen LogP contribution < -0.4 is 21.1 Å². The maximum Gasteiger partial charge on any atom is 0.289 e. The number of benzene rings is 1. The van der Waals surface area contributed by atoms with E-state index in [2.05, 4.69) is 26.1 Å². The minimum atomic E-state index is -0.556. The summed E-state index contributed by atoms with van der Waals surface area (Å²) < 4.78 is 5.31. The van der Waals surface area contributed by atoms with E-state index in [9.17, 15) is 14.4 Å². The van der Waals surface area contributed by atoms with Gasteiger partial charge in [0.15, 0.2) is 5.13 Å². The molecule has 0 bridgehead atoms. The van der Waals surface area contributed by atoms with E-state index in [1.807, 2.05) is 0 Å². The predicted molar refractivity (Wildman–Crippen MR) is 115 cm³/mol. The van der Waals surface area contributed by atoms with Gasteiger partial charge >= 0.3 is 0 Å². The first-order chi connectivity index (χ1) is 14.2. The molecule has 3 N–H and O–H groups in total. The third-order valence-electron chi connectivity index (χ3n) is 4.36. The zero-order valence-electron chi connectivity index (χ0n) is 17.2. The molecule has 1 aliphatic heterocycles. The molecule has 0 unspecified atom stereocenters. The van der Waals surface area contributed by atoms with Gasteiger partial charge < -0.3 is 15.0 Å². The van der Waals surface area contributed by atoms with Gasteiger partial charge in [-0.3, -0.25) is 25.2 Å². The Kier molecular flexibility index (Phi) is 6.68. The van der Waals surface area contributed by atoms with Crippen molar-refractivity contribution in [1.29, 1.82) is 0 Å². The maximum atomic E-state index is 12.4. The number of carbonyl (C=O) groups is 3. The Hall–Kier alpha value is -2.98. The van der Waals surface area contributed by atoms with E-state index in [0.29, 0.717) is 24.5 Å². The molecule has 10 heteroatoms. The van der Waals surface area contributed by atoms with E-state index in [1.54, 1.807) is 50.4 Å². The summed E-state index contributed by atoms with van der Waals surface area (Å²) >= 11 is 1.37. The first kappa shape index (κ1) is 21.7. The summed E-state index contributed by atoms with van der Waals surface area (Å²) in [6.45, 7) is 8.13. The normalized spacial score (nSPS) is 14.2. The topological polar surface area (TPSA) is 113 Å². The summed E-state index contributed by atoms with van der Waals surface area (Å²) in [5, 5.41) is 5.17. The Balaban J connectivity index is 1.56. The summed E-state index contributed by atoms with van der Waals surface area (Å²) in [5.41, 5.74) is 5.23. The fourth-order valence-corrected chi connectivity index (χ4v) is 3.43. The zero-order chi connectivity index (χ0) is 21.7. The number of morpholine rings is 1. The van der Waals surface area contributed by atoms with E-state index in [1.165, 1.54) is 11.3 Å². The highest BCUT2D eigenvalue weighted by Gasteiger charge is 2.22. The number of nitrogens with zero attached hydrogens (tertiary/aromatic N) is 2. The van der Waals surface area contributed by atoms with Crippen LogP contribution >= 0.6 is 11.3 Å². The standard InChI is InChI=1S/C20H25N5O4S/c1-20(2,3)18(28)21-14-6-4-5-13(11-14)16(26)23-24-17(27)15-12-30-19(22-15)25-7-9-29-10-8-25/h4-6,11-12H,7-10H2,1-3H3,(H,21,28)(H,23,26)(H,24,27). The highest BCUT2D eigenvalue weighted by molar-refractivity contribution is 7.13. The van der Waals surface area contributed by atoms with Crippen LogP contribution in [0.25, 0.3) is 0 Å². The third kappa shape index (κ3) is 5.55. The Labute approximate surface area is 178 Å². The van der Waals surface area contributed by atoms with Gasteiger partial charge in [0, 0.05) is 35.1 Å². The number of rotatable bonds is 4. The van der Waals surface area contributed by atoms with Crippen LogP contribution in [-0.4, -0.2) is 49.0 Å². The fraction of sp³-hybridized carbons (Fsp3) is 0.400. The minimum absolute atomic E-state index is 0.159. The second kappa shape index (κ2) is 9.23. The van der Waals surface area contributed by atoms with Crippen molar-refractivity contribution in [1.82, 2.24) is 15.8 Å². The number of hydrogen-bond donors (Lipinski definition) is 3. The molecule has 1 aromatic heterocycles. The molecule has 0 aliphatic carbocycles. The number of carbonyl (C=O) groups excluding carboxylic acids is 3. The minimum Gasteiger partial charge on any atom is -0.378 e. The van der Waals surface area contributed by atoms with Crippen molar-refractivity contribution in [2.24, 2.45) is 5.41 Å². The molecule has 1 fully saturated rings. The molecular formula is C20H25N5O4S. The molecule has 2 aromatic rings. The summed E-state index contributed by atoms with van der Waals surface area (Å²) in [5.74, 6) is -1.16. The maximum absolute atomic E-state index is 12.4. The largest absolute Gasteiger partial charge is 0.378 e. The van der Waals surface area contributed by atoms with Gasteiger partial charge in [-0.15, -0.1) is 11.3 Å². The van der Waals surface area contributed by atoms with Crippen LogP contribution in [0.1, 0.15) is 41.6 Å². The third-order valence-corrected chi connectivity index (χ3v) is 5.26. The van der Waals surface area contributed by atoms with Crippen molar-refractivity contribution in [3.05, 3.63) is 40.9 Å². The second-order valence-electron chi connectivity index (χ2n) is 7.81. The number of anilines is 2. The Morgan fingerprint density at radius 2 is 1.80 bits per heavy atom. The molecule has 30 heavy (non-hydrogen) atoms. The van der Waals surface area contributed by atoms with Crippen molar-refractivity contribution < 1.29 is 19.1 Å². The van der Waals surface area contributed by atoms with Crippen LogP contribution in [0.15, 0.2) is 29.6 Å². The number of hydrogen-bond acceptors (Lipinski definition) is 7. The van der Waals surface area contributed by atoms with Gasteiger partial charge in [-0.05, 0) is 18.2 Å². The smallest absolute Gasteiger partial charge is 0.289 e. The molecular weight excluding hydrogens is 406 g/mol. The summed E-state index contributed by atoms with van der Waals surface area (Å²) in [7, 11) is 0. The zero-order valence-corrected chi connectivity index (χ0v) is 18.0. The number of amides is 3. The lowest BCUT2D eigenvalue weighted by Crippen LogP contribution is -2.42. The van der Waals surface area contributed by atoms with Gasteiger partial charge in [-0.1, -0.05) is 26.8 Å². The average molecular weight is 432 g/mol. The summed E-state index contributed by atoms with van der Waals surface area (Å²) in [6.07, 6.45) is 0. The molecule has 0 spiro atoms. The number of ether oxygens (including phenoxy) is 1. The fourth-order valence-electron chi connectivity index (χ4n) is 2.57. The Morgan fingerprint density at radius 3 is 2.50 bits per heavy atom. The first-order valence-electron chi connectivity index (χ1n) is 9.54. The molecule has 9 nitrogen and oxygen atoms in total. The van der Waals surface area contributed by atoms with Crippen LogP contribution in [0.5, 0.6) is 0 Å². The van der Waals surface area contributed by atoms with Crippen molar-refractivity contribution >= 4 is 39.9 Å². The van der Waals surface area contributed by atoms with Gasteiger partial charge in [-0.25, -0.2) is 4.98 Å². The molecule has 3 rings (SSSR count). The molecule has 0 atom stereocenters. The van der Waals surface area contributed by atoms with E-state index in [-0.39, 0.29) is 11.6 Å². The predicted octanol–water partition coefficient (Wildman–Crippen LogP) is 2.04. The van der Waals surface area contributed by atoms with Crippen molar-refractivity contribution in [3.8, 4) is 0 Å². The Morgan fingerprint density at radius 1 is 1.10 bits per heavy atom. The molecule has 2 heterocycles. The van der Waals surface area contributed by atoms with E-state index in [4.69, 9.17) is 4.74 Å². The van der Waals surface area contributed by atoms with Crippen LogP contribution in [0, 0.1) is 5.41 Å². The first-order valence-corrected chi connectivity index (χ1v) is 10.4. The van der Waals surface area contributed by atoms with E-state index >= 15 is 0 Å². The Bertz CT molecular complexity index is 931. The lowest BCUT2D eigenvalue weighted by molar-refractivity contribution is -0.123. The molecule has 0 radical (unpaired) electrons. The van der Waals surface area contributed by atoms with Gasteiger partial charge in [0.2, 0.25) is 5.91 Å². The van der Waals surface area contributed by atoms with E-state index in [0.717, 1.165) is 18.2 Å². The van der Waals surface area contributed by atoms with Gasteiger partial charge in [-0.2, -0.15) is 0 Å². The lowest BCUT2D eigenvalue weighted by atomic mass is 9.95. The van der Waals surface area contributed by atoms with Crippen LogP contribution in [0.4, 0.5) is 10.8 Å². The molecule has 3 amide bonds. The highest BCUT2D eigenvalue weighted by Crippen LogP contribution is 2.21. The summed E-state index contributed by atoms with van der Waals surface area (Å²) in [6, 6.07) is 6.49. The number of hydrazine groups is 1. The number of nitrogens with one attached hydrogen (secondary N) is 3. The number of aromatic nitrogens is 1.